The van der Waals surface area contributed by atoms with E-state index in [9.17, 15) is 0 Å². The van der Waals surface area contributed by atoms with E-state index < -0.39 is 0 Å². The predicted octanol–water partition coefficient (Wildman–Crippen LogP) is 1.40. The van der Waals surface area contributed by atoms with Gasteiger partial charge in [-0.1, -0.05) is 0 Å². The summed E-state index contributed by atoms with van der Waals surface area (Å²) in [6.07, 6.45) is 1.91. The summed E-state index contributed by atoms with van der Waals surface area (Å²) >= 11 is 1.64. The number of hydrogen-bond acceptors (Lipinski definition) is 3. The molecule has 0 aliphatic rings. The number of fused-ring (bicyclic) bond motifs is 1. The molecule has 4 heteroatoms. The van der Waals surface area contributed by atoms with Gasteiger partial charge in [-0.05, 0) is 0 Å². The lowest BCUT2D eigenvalue weighted by molar-refractivity contribution is 0.395. The van der Waals surface area contributed by atoms with E-state index in [1.807, 2.05) is 17.6 Å². The second kappa shape index (κ2) is 1.98. The molecular formula is C6H6N2OS. The van der Waals surface area contributed by atoms with E-state index in [0.717, 1.165) is 4.83 Å². The van der Waals surface area contributed by atoms with E-state index in [0.29, 0.717) is 5.88 Å². The second-order valence-corrected chi connectivity index (χ2v) is 2.80. The van der Waals surface area contributed by atoms with Crippen molar-refractivity contribution in [2.24, 2.45) is 0 Å². The van der Waals surface area contributed by atoms with Crippen LogP contribution in [0.15, 0.2) is 17.6 Å². The molecule has 0 aliphatic heterocycles. The van der Waals surface area contributed by atoms with E-state index >= 15 is 0 Å². The van der Waals surface area contributed by atoms with Gasteiger partial charge in [0, 0.05) is 17.6 Å². The smallest absolute Gasteiger partial charge is 0.234 e. The maximum Gasteiger partial charge on any atom is 0.234 e. The standard InChI is InChI=1S/C6H6N2OS/c1-9-5-4-6-8(7-5)2-3-10-6/h2-4H,1H3. The molecule has 2 aromatic heterocycles. The zero-order chi connectivity index (χ0) is 6.97. The summed E-state index contributed by atoms with van der Waals surface area (Å²) in [5.74, 6) is 0.673. The van der Waals surface area contributed by atoms with Crippen molar-refractivity contribution in [3.8, 4) is 5.88 Å². The Bertz CT molecular complexity index is 309. The normalized spacial score (nSPS) is 10.5. The molecule has 0 saturated carbocycles. The fourth-order valence-electron chi connectivity index (χ4n) is 0.808. The highest BCUT2D eigenvalue weighted by atomic mass is 32.1. The summed E-state index contributed by atoms with van der Waals surface area (Å²) in [5, 5.41) is 6.08. The number of methoxy groups -OCH3 is 1. The molecular weight excluding hydrogens is 148 g/mol. The van der Waals surface area contributed by atoms with Crippen LogP contribution in [-0.4, -0.2) is 16.7 Å². The van der Waals surface area contributed by atoms with Gasteiger partial charge >= 0.3 is 0 Å². The van der Waals surface area contributed by atoms with Crippen molar-refractivity contribution in [2.45, 2.75) is 0 Å². The number of ether oxygens (including phenoxy) is 1. The molecule has 2 aromatic rings. The van der Waals surface area contributed by atoms with Crippen LogP contribution in [0.25, 0.3) is 4.83 Å². The molecule has 0 N–H and O–H groups in total. The molecule has 52 valence electrons. The molecule has 0 saturated heterocycles. The highest BCUT2D eigenvalue weighted by molar-refractivity contribution is 7.15. The van der Waals surface area contributed by atoms with Crippen molar-refractivity contribution in [2.75, 3.05) is 7.11 Å². The SMILES string of the molecule is COc1cc2sccn2n1. The summed E-state index contributed by atoms with van der Waals surface area (Å²) in [5.41, 5.74) is 0. The lowest BCUT2D eigenvalue weighted by Gasteiger charge is -1.86. The van der Waals surface area contributed by atoms with Crippen LogP contribution in [0, 0.1) is 0 Å². The van der Waals surface area contributed by atoms with Gasteiger partial charge in [-0.2, -0.15) is 0 Å². The Hall–Kier alpha value is -1.03. The average Bonchev–Trinajstić information content (AvgIpc) is 2.42. The molecule has 0 aliphatic carbocycles. The maximum absolute atomic E-state index is 4.93. The Balaban J connectivity index is 2.67. The van der Waals surface area contributed by atoms with Crippen LogP contribution < -0.4 is 4.74 Å². The van der Waals surface area contributed by atoms with Crippen molar-refractivity contribution in [1.29, 1.82) is 0 Å². The summed E-state index contributed by atoms with van der Waals surface area (Å²) in [6.45, 7) is 0. The van der Waals surface area contributed by atoms with E-state index in [2.05, 4.69) is 5.10 Å². The summed E-state index contributed by atoms with van der Waals surface area (Å²) in [6, 6.07) is 1.91. The Morgan fingerprint density at radius 1 is 1.70 bits per heavy atom. The van der Waals surface area contributed by atoms with E-state index in [4.69, 9.17) is 4.74 Å². The summed E-state index contributed by atoms with van der Waals surface area (Å²) < 4.78 is 6.73. The first-order valence-electron chi connectivity index (χ1n) is 2.87. The molecule has 0 amide bonds. The van der Waals surface area contributed by atoms with Gasteiger partial charge in [0.25, 0.3) is 0 Å². The molecule has 0 atom stereocenters. The molecule has 0 radical (unpaired) electrons. The lowest BCUT2D eigenvalue weighted by atomic mass is 10.7. The van der Waals surface area contributed by atoms with Crippen molar-refractivity contribution in [3.05, 3.63) is 17.6 Å². The van der Waals surface area contributed by atoms with Gasteiger partial charge in [-0.15, -0.1) is 16.4 Å². The van der Waals surface area contributed by atoms with Crippen molar-refractivity contribution < 1.29 is 4.74 Å². The third kappa shape index (κ3) is 0.690. The van der Waals surface area contributed by atoms with Crippen molar-refractivity contribution in [3.63, 3.8) is 0 Å². The maximum atomic E-state index is 4.93. The van der Waals surface area contributed by atoms with Gasteiger partial charge in [0.1, 0.15) is 4.83 Å². The number of nitrogens with zero attached hydrogens (tertiary/aromatic N) is 2. The third-order valence-electron chi connectivity index (χ3n) is 1.28. The van der Waals surface area contributed by atoms with Crippen LogP contribution in [0.3, 0.4) is 0 Å². The fourth-order valence-corrected chi connectivity index (χ4v) is 1.50. The van der Waals surface area contributed by atoms with Gasteiger partial charge in [-0.25, -0.2) is 4.52 Å². The Kier molecular flexibility index (Phi) is 1.14. The van der Waals surface area contributed by atoms with Crippen molar-refractivity contribution in [1.82, 2.24) is 9.61 Å². The molecule has 0 unspecified atom stereocenters. The zero-order valence-electron chi connectivity index (χ0n) is 5.44. The zero-order valence-corrected chi connectivity index (χ0v) is 6.26. The molecule has 3 nitrogen and oxygen atoms in total. The highest BCUT2D eigenvalue weighted by Crippen LogP contribution is 2.16. The Morgan fingerprint density at radius 2 is 2.60 bits per heavy atom. The lowest BCUT2D eigenvalue weighted by Crippen LogP contribution is -1.83. The van der Waals surface area contributed by atoms with Gasteiger partial charge in [0.05, 0.1) is 7.11 Å². The number of rotatable bonds is 1. The van der Waals surface area contributed by atoms with Crippen LogP contribution in [0.5, 0.6) is 5.88 Å². The largest absolute Gasteiger partial charge is 0.480 e. The van der Waals surface area contributed by atoms with Crippen LogP contribution in [0.2, 0.25) is 0 Å². The molecule has 0 fully saturated rings. The van der Waals surface area contributed by atoms with Gasteiger partial charge in [0.15, 0.2) is 0 Å². The average molecular weight is 154 g/mol. The minimum Gasteiger partial charge on any atom is -0.480 e. The predicted molar refractivity (Wildman–Crippen MR) is 39.6 cm³/mol. The van der Waals surface area contributed by atoms with Crippen LogP contribution in [-0.2, 0) is 0 Å². The van der Waals surface area contributed by atoms with Crippen LogP contribution in [0.4, 0.5) is 0 Å². The topological polar surface area (TPSA) is 26.5 Å². The first-order chi connectivity index (χ1) is 4.90. The van der Waals surface area contributed by atoms with E-state index in [1.54, 1.807) is 23.0 Å². The molecule has 0 bridgehead atoms. The summed E-state index contributed by atoms with van der Waals surface area (Å²) in [4.78, 5) is 1.11. The van der Waals surface area contributed by atoms with Crippen LogP contribution in [0.1, 0.15) is 0 Å². The monoisotopic (exact) mass is 154 g/mol. The molecule has 2 heterocycles. The minimum atomic E-state index is 0.673. The highest BCUT2D eigenvalue weighted by Gasteiger charge is 1.99. The number of thiazole rings is 1. The molecule has 0 spiro atoms. The van der Waals surface area contributed by atoms with E-state index in [-0.39, 0.29) is 0 Å². The third-order valence-corrected chi connectivity index (χ3v) is 2.08. The molecule has 10 heavy (non-hydrogen) atoms. The molecule has 2 rings (SSSR count). The first-order valence-corrected chi connectivity index (χ1v) is 3.75. The Morgan fingerprint density at radius 3 is 3.30 bits per heavy atom. The van der Waals surface area contributed by atoms with Gasteiger partial charge in [0.2, 0.25) is 5.88 Å². The second-order valence-electron chi connectivity index (χ2n) is 1.87. The van der Waals surface area contributed by atoms with Gasteiger partial charge in [-0.3, -0.25) is 0 Å². The first kappa shape index (κ1) is 5.73. The Labute approximate surface area is 61.9 Å². The number of aromatic nitrogens is 2. The summed E-state index contributed by atoms with van der Waals surface area (Å²) in [7, 11) is 1.62. The number of hydrogen-bond donors (Lipinski definition) is 0. The fraction of sp³-hybridized carbons (Fsp3) is 0.167. The van der Waals surface area contributed by atoms with E-state index in [1.165, 1.54) is 0 Å². The van der Waals surface area contributed by atoms with Gasteiger partial charge < -0.3 is 4.74 Å². The quantitative estimate of drug-likeness (QED) is 0.620. The van der Waals surface area contributed by atoms with Crippen LogP contribution >= 0.6 is 11.3 Å². The minimum absolute atomic E-state index is 0.673. The van der Waals surface area contributed by atoms with Crippen molar-refractivity contribution >= 4 is 16.2 Å². The molecule has 0 aromatic carbocycles.